The van der Waals surface area contributed by atoms with Gasteiger partial charge in [-0.1, -0.05) is 449 Å². The summed E-state index contributed by atoms with van der Waals surface area (Å²) in [4.78, 5) is 0. The first-order valence-electron chi connectivity index (χ1n) is 45.9. The van der Waals surface area contributed by atoms with Gasteiger partial charge in [0.1, 0.15) is 0 Å². The Labute approximate surface area is 763 Å². The zero-order chi connectivity index (χ0) is 86.9. The molecule has 0 saturated heterocycles. The van der Waals surface area contributed by atoms with Crippen LogP contribution < -0.4 is 0 Å². The van der Waals surface area contributed by atoms with Crippen molar-refractivity contribution in [1.82, 2.24) is 0 Å². The SMILES string of the molecule is c1cc(-c2ccc3c4ccccc4c4ccccc4c3c2)cc(-c2ccc3c4ccccc4c4ccccc4c3c2)c1.c1cc(-c2cccc(-c3ccc4c5ccccc5c5ccccc5c4c3)c2)cc(-c2ccc3c4ccccc4c4ccccc4c3c2)c1.c1cc(-c2cccc3c4ccccc4c4ccccc4c23)cc(-c2cccc3c4ccccc4c4ccccc4c23)c1. The molecular formula is C132H82. The van der Waals surface area contributed by atoms with E-state index < -0.39 is 0 Å². The lowest BCUT2D eigenvalue weighted by Gasteiger charge is -2.16. The first kappa shape index (κ1) is 76.1. The fraction of sp³-hybridized carbons (Fsp3) is 0. The third-order valence-corrected chi connectivity index (χ3v) is 28.3. The molecule has 0 heterocycles. The van der Waals surface area contributed by atoms with E-state index in [9.17, 15) is 0 Å². The third-order valence-electron chi connectivity index (χ3n) is 28.3. The van der Waals surface area contributed by atoms with Crippen molar-refractivity contribution >= 4 is 194 Å². The molecule has 0 aliphatic carbocycles. The number of rotatable bonds is 7. The van der Waals surface area contributed by atoms with Gasteiger partial charge in [0.2, 0.25) is 0 Å². The molecule has 0 unspecified atom stereocenters. The summed E-state index contributed by atoms with van der Waals surface area (Å²) in [5.74, 6) is 0. The minimum absolute atomic E-state index is 1.22. The highest BCUT2D eigenvalue weighted by Crippen LogP contribution is 2.48. The van der Waals surface area contributed by atoms with Crippen molar-refractivity contribution in [2.45, 2.75) is 0 Å². The van der Waals surface area contributed by atoms with Gasteiger partial charge in [-0.2, -0.15) is 0 Å². The van der Waals surface area contributed by atoms with Gasteiger partial charge in [-0.05, 0) is 320 Å². The van der Waals surface area contributed by atoms with Crippen LogP contribution >= 0.6 is 0 Å². The van der Waals surface area contributed by atoms with Crippen molar-refractivity contribution in [3.63, 3.8) is 0 Å². The molecule has 28 rings (SSSR count). The number of hydrogen-bond donors (Lipinski definition) is 0. The van der Waals surface area contributed by atoms with Crippen LogP contribution in [0.1, 0.15) is 0 Å². The molecule has 0 aliphatic rings. The van der Waals surface area contributed by atoms with E-state index in [1.165, 1.54) is 272 Å². The second-order valence-electron chi connectivity index (χ2n) is 35.4. The van der Waals surface area contributed by atoms with Gasteiger partial charge >= 0.3 is 0 Å². The first-order chi connectivity index (χ1) is 65.5. The smallest absolute Gasteiger partial charge is 0.00204 e. The third kappa shape index (κ3) is 12.6. The molecule has 610 valence electrons. The maximum absolute atomic E-state index is 2.39. The Morgan fingerprint density at radius 3 is 0.379 bits per heavy atom. The van der Waals surface area contributed by atoms with Crippen LogP contribution in [0.4, 0.5) is 0 Å². The van der Waals surface area contributed by atoms with Crippen LogP contribution in [0.15, 0.2) is 497 Å². The molecule has 0 atom stereocenters. The Kier molecular flexibility index (Phi) is 18.1. The van der Waals surface area contributed by atoms with Crippen LogP contribution in [0.25, 0.3) is 272 Å². The predicted molar refractivity (Wildman–Crippen MR) is 572 cm³/mol. The molecule has 0 aromatic heterocycles. The van der Waals surface area contributed by atoms with E-state index in [4.69, 9.17) is 0 Å². The lowest BCUT2D eigenvalue weighted by Crippen LogP contribution is -1.89. The van der Waals surface area contributed by atoms with Gasteiger partial charge in [-0.25, -0.2) is 0 Å². The van der Waals surface area contributed by atoms with E-state index in [2.05, 4.69) is 497 Å². The summed E-state index contributed by atoms with van der Waals surface area (Å²) in [6, 6.07) is 183. The largest absolute Gasteiger partial charge is 0.0616 e. The average Bonchev–Trinajstić information content (AvgIpc) is 0.702. The van der Waals surface area contributed by atoms with E-state index in [0.29, 0.717) is 0 Å². The lowest BCUT2D eigenvalue weighted by atomic mass is 9.87. The molecule has 0 N–H and O–H groups in total. The summed E-state index contributed by atoms with van der Waals surface area (Å²) in [7, 11) is 0. The standard InChI is InChI=1S/C48H30.2C42H26/c1-3-19-41-37(15-1)39-17-5-7-21-43(39)47-29-35(23-25-45(41)47)33-13-9-11-31(27-33)32-12-10-14-34(28-32)36-24-26-46-42-20-4-2-16-38(42)40-18-6-8-22-44(40)48(46)30-36;1-3-16-35-31(14-1)33-18-5-7-20-37(33)41-29(22-10-24-39(35)41)27-12-9-13-28(26-27)30-23-11-25-40-36-17-4-2-15-32(36)34-19-6-8-21-38(34)42(30)40;1-3-16-35-31(12-1)33-14-5-7-18-37(33)41-25-29(20-22-39(35)41)27-10-9-11-28(24-27)30-21-23-40-36-17-4-2-13-32(36)34-15-6-8-19-38(34)42(40)26-30/h1-30H;2*1-26H. The van der Waals surface area contributed by atoms with E-state index >= 15 is 0 Å². The Morgan fingerprint density at radius 1 is 0.0682 bits per heavy atom. The summed E-state index contributed by atoms with van der Waals surface area (Å²) in [6.45, 7) is 0. The highest BCUT2D eigenvalue weighted by molar-refractivity contribution is 6.33. The molecule has 28 aromatic rings. The van der Waals surface area contributed by atoms with E-state index in [1.807, 2.05) is 0 Å². The molecular weight excluding hydrogens is 1590 g/mol. The van der Waals surface area contributed by atoms with E-state index in [-0.39, 0.29) is 0 Å². The predicted octanol–water partition coefficient (Wildman–Crippen LogP) is 37.5. The number of fused-ring (bicyclic) bond motifs is 36. The average molecular weight is 1670 g/mol. The minimum atomic E-state index is 1.22. The van der Waals surface area contributed by atoms with Gasteiger partial charge in [0.25, 0.3) is 0 Å². The van der Waals surface area contributed by atoms with Gasteiger partial charge < -0.3 is 0 Å². The quantitative estimate of drug-likeness (QED) is 0.140. The molecule has 132 heavy (non-hydrogen) atoms. The topological polar surface area (TPSA) is 0 Å². The minimum Gasteiger partial charge on any atom is -0.0616 e. The molecule has 0 amide bonds. The molecule has 0 fully saturated rings. The van der Waals surface area contributed by atoms with Gasteiger partial charge in [0.15, 0.2) is 0 Å². The zero-order valence-corrected chi connectivity index (χ0v) is 72.3. The first-order valence-corrected chi connectivity index (χ1v) is 45.9. The molecule has 0 radical (unpaired) electrons. The highest BCUT2D eigenvalue weighted by Gasteiger charge is 2.21. The Hall–Kier alpha value is -17.2. The second kappa shape index (κ2) is 31.4. The second-order valence-corrected chi connectivity index (χ2v) is 35.4. The summed E-state index contributed by atoms with van der Waals surface area (Å²) in [5, 5.41) is 47.0. The van der Waals surface area contributed by atoms with Crippen molar-refractivity contribution in [3.05, 3.63) is 497 Å². The van der Waals surface area contributed by atoms with Crippen LogP contribution in [-0.2, 0) is 0 Å². The summed E-state index contributed by atoms with van der Waals surface area (Å²) in [6.07, 6.45) is 0. The normalized spacial score (nSPS) is 11.8. The molecule has 28 aromatic carbocycles. The molecule has 0 bridgehead atoms. The van der Waals surface area contributed by atoms with Crippen LogP contribution in [0.5, 0.6) is 0 Å². The van der Waals surface area contributed by atoms with Crippen LogP contribution in [0.3, 0.4) is 0 Å². The molecule has 0 aliphatic heterocycles. The fourth-order valence-corrected chi connectivity index (χ4v) is 22.2. The van der Waals surface area contributed by atoms with Gasteiger partial charge in [0, 0.05) is 0 Å². The fourth-order valence-electron chi connectivity index (χ4n) is 22.2. The van der Waals surface area contributed by atoms with E-state index in [1.54, 1.807) is 0 Å². The maximum Gasteiger partial charge on any atom is -0.00204 e. The van der Waals surface area contributed by atoms with Crippen molar-refractivity contribution in [2.24, 2.45) is 0 Å². The molecule has 0 nitrogen and oxygen atoms in total. The summed E-state index contributed by atoms with van der Waals surface area (Å²) in [5.41, 5.74) is 17.3. The number of benzene rings is 28. The molecule has 0 spiro atoms. The Bertz CT molecular complexity index is 8910. The maximum atomic E-state index is 2.39. The number of hydrogen-bond acceptors (Lipinski definition) is 0. The van der Waals surface area contributed by atoms with Crippen LogP contribution in [0.2, 0.25) is 0 Å². The van der Waals surface area contributed by atoms with Crippen molar-refractivity contribution in [1.29, 1.82) is 0 Å². The Morgan fingerprint density at radius 2 is 0.189 bits per heavy atom. The van der Waals surface area contributed by atoms with Crippen LogP contribution in [-0.4, -0.2) is 0 Å². The van der Waals surface area contributed by atoms with E-state index in [0.717, 1.165) is 0 Å². The highest BCUT2D eigenvalue weighted by atomic mass is 14.2. The van der Waals surface area contributed by atoms with Gasteiger partial charge in [-0.3, -0.25) is 0 Å². The molecule has 0 saturated carbocycles. The van der Waals surface area contributed by atoms with Crippen LogP contribution in [0, 0.1) is 0 Å². The summed E-state index contributed by atoms with van der Waals surface area (Å²) >= 11 is 0. The van der Waals surface area contributed by atoms with Crippen molar-refractivity contribution in [2.75, 3.05) is 0 Å². The lowest BCUT2D eigenvalue weighted by molar-refractivity contribution is 1.59. The van der Waals surface area contributed by atoms with Crippen molar-refractivity contribution in [3.8, 4) is 77.9 Å². The van der Waals surface area contributed by atoms with Crippen molar-refractivity contribution < 1.29 is 0 Å². The monoisotopic (exact) mass is 1670 g/mol. The van der Waals surface area contributed by atoms with Gasteiger partial charge in [-0.15, -0.1) is 0 Å². The Balaban J connectivity index is 0.000000104. The van der Waals surface area contributed by atoms with Gasteiger partial charge in [0.05, 0.1) is 0 Å². The summed E-state index contributed by atoms with van der Waals surface area (Å²) < 4.78 is 0. The zero-order valence-electron chi connectivity index (χ0n) is 72.3. The molecule has 0 heteroatoms.